The highest BCUT2D eigenvalue weighted by molar-refractivity contribution is 5.89. The summed E-state index contributed by atoms with van der Waals surface area (Å²) in [7, 11) is 1.16. The van der Waals surface area contributed by atoms with Gasteiger partial charge in [0.1, 0.15) is 11.9 Å². The van der Waals surface area contributed by atoms with Gasteiger partial charge in [0.15, 0.2) is 0 Å². The molecule has 0 fully saturated rings. The van der Waals surface area contributed by atoms with Gasteiger partial charge in [-0.3, -0.25) is 4.79 Å². The minimum absolute atomic E-state index is 0.00124. The van der Waals surface area contributed by atoms with Crippen molar-refractivity contribution in [3.05, 3.63) is 35.1 Å². The number of ether oxygens (including phenoxy) is 1. The number of halogens is 1. The molecule has 0 aliphatic rings. The first-order valence-electron chi connectivity index (χ1n) is 4.33. The fourth-order valence-electron chi connectivity index (χ4n) is 1.16. The summed E-state index contributed by atoms with van der Waals surface area (Å²) >= 11 is 0. The predicted octanol–water partition coefficient (Wildman–Crippen LogP) is 0.697. The van der Waals surface area contributed by atoms with Crippen LogP contribution in [-0.4, -0.2) is 24.2 Å². The van der Waals surface area contributed by atoms with E-state index in [9.17, 15) is 14.0 Å². The molecule has 86 valence electrons. The van der Waals surface area contributed by atoms with Gasteiger partial charge < -0.3 is 15.6 Å². The summed E-state index contributed by atoms with van der Waals surface area (Å²) < 4.78 is 17.8. The number of hydrogen-bond donors (Lipinski definition) is 2. The molecule has 0 radical (unpaired) electrons. The Labute approximate surface area is 90.6 Å². The van der Waals surface area contributed by atoms with Crippen molar-refractivity contribution in [2.45, 2.75) is 6.04 Å². The molecule has 3 N–H and O–H groups in total. The van der Waals surface area contributed by atoms with Crippen LogP contribution in [0.2, 0.25) is 0 Å². The summed E-state index contributed by atoms with van der Waals surface area (Å²) in [6.45, 7) is 0. The maximum Gasteiger partial charge on any atom is 0.337 e. The quantitative estimate of drug-likeness (QED) is 0.742. The molecule has 1 rings (SSSR count). The van der Waals surface area contributed by atoms with Crippen molar-refractivity contribution in [3.63, 3.8) is 0 Å². The Morgan fingerprint density at radius 2 is 2.12 bits per heavy atom. The number of aliphatic carboxylic acids is 1. The van der Waals surface area contributed by atoms with E-state index in [0.29, 0.717) is 0 Å². The lowest BCUT2D eigenvalue weighted by Gasteiger charge is -2.08. The van der Waals surface area contributed by atoms with Crippen molar-refractivity contribution in [1.29, 1.82) is 0 Å². The summed E-state index contributed by atoms with van der Waals surface area (Å²) in [4.78, 5) is 21.6. The van der Waals surface area contributed by atoms with Crippen molar-refractivity contribution in [3.8, 4) is 0 Å². The highest BCUT2D eigenvalue weighted by Gasteiger charge is 2.19. The van der Waals surface area contributed by atoms with Crippen LogP contribution < -0.4 is 5.73 Å². The van der Waals surface area contributed by atoms with Crippen LogP contribution in [0.5, 0.6) is 0 Å². The standard InChI is InChI=1S/C10H10FNO4/c1-16-10(15)5-2-3-6(7(11)4-5)8(12)9(13)14/h2-4,8H,12H2,1H3,(H,13,14)/t8-/m0/s1. The number of methoxy groups -OCH3 is 1. The summed E-state index contributed by atoms with van der Waals surface area (Å²) in [5, 5.41) is 8.60. The molecule has 0 aromatic heterocycles. The van der Waals surface area contributed by atoms with Gasteiger partial charge >= 0.3 is 11.9 Å². The molecule has 5 nitrogen and oxygen atoms in total. The maximum atomic E-state index is 13.4. The third-order valence-electron chi connectivity index (χ3n) is 2.02. The zero-order valence-corrected chi connectivity index (χ0v) is 8.44. The summed E-state index contributed by atoms with van der Waals surface area (Å²) in [6.07, 6.45) is 0. The third kappa shape index (κ3) is 2.34. The fourth-order valence-corrected chi connectivity index (χ4v) is 1.16. The second kappa shape index (κ2) is 4.71. The van der Waals surface area contributed by atoms with Crippen molar-refractivity contribution in [1.82, 2.24) is 0 Å². The molecule has 0 unspecified atom stereocenters. The molecule has 0 spiro atoms. The van der Waals surface area contributed by atoms with Gasteiger partial charge in [-0.15, -0.1) is 0 Å². The van der Waals surface area contributed by atoms with E-state index in [-0.39, 0.29) is 11.1 Å². The Hall–Kier alpha value is -1.95. The molecule has 0 bridgehead atoms. The summed E-state index contributed by atoms with van der Waals surface area (Å²) in [5.74, 6) is -2.89. The molecular formula is C10H10FNO4. The second-order valence-corrected chi connectivity index (χ2v) is 3.04. The zero-order valence-electron chi connectivity index (χ0n) is 8.44. The molecule has 1 aromatic carbocycles. The topological polar surface area (TPSA) is 89.6 Å². The predicted molar refractivity (Wildman–Crippen MR) is 52.3 cm³/mol. The minimum Gasteiger partial charge on any atom is -0.480 e. The van der Waals surface area contributed by atoms with Crippen LogP contribution in [0.15, 0.2) is 18.2 Å². The fraction of sp³-hybridized carbons (Fsp3) is 0.200. The van der Waals surface area contributed by atoms with Gasteiger partial charge in [0.25, 0.3) is 0 Å². The van der Waals surface area contributed by atoms with E-state index in [4.69, 9.17) is 10.8 Å². The van der Waals surface area contributed by atoms with E-state index in [0.717, 1.165) is 19.2 Å². The lowest BCUT2D eigenvalue weighted by molar-refractivity contribution is -0.138. The van der Waals surface area contributed by atoms with Crippen LogP contribution in [-0.2, 0) is 9.53 Å². The van der Waals surface area contributed by atoms with Gasteiger partial charge in [0.2, 0.25) is 0 Å². The van der Waals surface area contributed by atoms with Crippen LogP contribution in [0, 0.1) is 5.82 Å². The first-order valence-corrected chi connectivity index (χ1v) is 4.33. The Morgan fingerprint density at radius 3 is 2.56 bits per heavy atom. The molecule has 6 heteroatoms. The number of esters is 1. The van der Waals surface area contributed by atoms with E-state index in [2.05, 4.69) is 4.74 Å². The lowest BCUT2D eigenvalue weighted by atomic mass is 10.0. The van der Waals surface area contributed by atoms with Crippen molar-refractivity contribution >= 4 is 11.9 Å². The highest BCUT2D eigenvalue weighted by atomic mass is 19.1. The highest BCUT2D eigenvalue weighted by Crippen LogP contribution is 2.17. The van der Waals surface area contributed by atoms with Gasteiger partial charge in [0, 0.05) is 5.56 Å². The first-order chi connectivity index (χ1) is 7.47. The molecule has 1 aromatic rings. The van der Waals surface area contributed by atoms with Crippen LogP contribution in [0.25, 0.3) is 0 Å². The monoisotopic (exact) mass is 227 g/mol. The van der Waals surface area contributed by atoms with Crippen molar-refractivity contribution in [2.75, 3.05) is 7.11 Å². The van der Waals surface area contributed by atoms with Crippen LogP contribution in [0.4, 0.5) is 4.39 Å². The lowest BCUT2D eigenvalue weighted by Crippen LogP contribution is -2.22. The molecule has 0 saturated heterocycles. The zero-order chi connectivity index (χ0) is 12.3. The molecule has 0 heterocycles. The van der Waals surface area contributed by atoms with Crippen molar-refractivity contribution in [2.24, 2.45) is 5.73 Å². The molecule has 0 aliphatic carbocycles. The van der Waals surface area contributed by atoms with Gasteiger partial charge in [-0.1, -0.05) is 6.07 Å². The van der Waals surface area contributed by atoms with Crippen molar-refractivity contribution < 1.29 is 23.8 Å². The molecule has 0 aliphatic heterocycles. The molecular weight excluding hydrogens is 217 g/mol. The average Bonchev–Trinajstić information content (AvgIpc) is 2.26. The molecule has 0 amide bonds. The van der Waals surface area contributed by atoms with E-state index >= 15 is 0 Å². The normalized spacial score (nSPS) is 11.9. The Bertz CT molecular complexity index is 433. The molecule has 16 heavy (non-hydrogen) atoms. The smallest absolute Gasteiger partial charge is 0.337 e. The Kier molecular flexibility index (Phi) is 3.57. The van der Waals surface area contributed by atoms with Gasteiger partial charge in [-0.25, -0.2) is 9.18 Å². The Balaban J connectivity index is 3.09. The van der Waals surface area contributed by atoms with E-state index in [1.54, 1.807) is 0 Å². The van der Waals surface area contributed by atoms with Gasteiger partial charge in [-0.05, 0) is 12.1 Å². The number of carbonyl (C=O) groups is 2. The van der Waals surface area contributed by atoms with Crippen LogP contribution in [0.1, 0.15) is 22.0 Å². The van der Waals surface area contributed by atoms with Crippen LogP contribution in [0.3, 0.4) is 0 Å². The SMILES string of the molecule is COC(=O)c1ccc([C@H](N)C(=O)O)c(F)c1. The number of rotatable bonds is 3. The minimum atomic E-state index is -1.45. The number of carboxylic acids is 1. The summed E-state index contributed by atoms with van der Waals surface area (Å²) in [6, 6.07) is 1.85. The maximum absolute atomic E-state index is 13.4. The van der Waals surface area contributed by atoms with E-state index in [1.807, 2.05) is 0 Å². The number of carbonyl (C=O) groups excluding carboxylic acids is 1. The molecule has 1 atom stereocenters. The molecule has 0 saturated carbocycles. The number of nitrogens with two attached hydrogens (primary N) is 1. The largest absolute Gasteiger partial charge is 0.480 e. The first kappa shape index (κ1) is 12.1. The van der Waals surface area contributed by atoms with E-state index in [1.165, 1.54) is 6.07 Å². The number of carboxylic acid groups (broad SMARTS) is 1. The Morgan fingerprint density at radius 1 is 1.50 bits per heavy atom. The van der Waals surface area contributed by atoms with E-state index < -0.39 is 23.8 Å². The van der Waals surface area contributed by atoms with Gasteiger partial charge in [-0.2, -0.15) is 0 Å². The number of hydrogen-bond acceptors (Lipinski definition) is 4. The average molecular weight is 227 g/mol. The second-order valence-electron chi connectivity index (χ2n) is 3.04. The van der Waals surface area contributed by atoms with Gasteiger partial charge in [0.05, 0.1) is 12.7 Å². The third-order valence-corrected chi connectivity index (χ3v) is 2.02. The van der Waals surface area contributed by atoms with Crippen LogP contribution >= 0.6 is 0 Å². The summed E-state index contributed by atoms with van der Waals surface area (Å²) in [5.41, 5.74) is 5.06. The number of benzene rings is 1.